The maximum Gasteiger partial charge on any atom is 0.0603 e. The summed E-state index contributed by atoms with van der Waals surface area (Å²) in [5, 5.41) is 3.50. The van der Waals surface area contributed by atoms with Gasteiger partial charge in [-0.2, -0.15) is 0 Å². The first-order valence-corrected chi connectivity index (χ1v) is 5.33. The molecule has 78 valence electrons. The zero-order valence-electron chi connectivity index (χ0n) is 9.54. The largest absolute Gasteiger partial charge is 0.381 e. The maximum atomic E-state index is 4.25. The molecule has 1 rings (SSSR count). The molecule has 2 atom stereocenters. The Morgan fingerprint density at radius 3 is 2.71 bits per heavy atom. The molecular formula is C12H20N2. The van der Waals surface area contributed by atoms with E-state index >= 15 is 0 Å². The first kappa shape index (κ1) is 11.0. The number of anilines is 1. The molecule has 2 nitrogen and oxygen atoms in total. The molecule has 1 aromatic heterocycles. The summed E-state index contributed by atoms with van der Waals surface area (Å²) in [6.45, 7) is 8.74. The SMILES string of the molecule is CC[C@H](C)[C@H](C)Nc1cccnc1C. The van der Waals surface area contributed by atoms with Crippen LogP contribution in [0.4, 0.5) is 5.69 Å². The first-order valence-electron chi connectivity index (χ1n) is 5.33. The van der Waals surface area contributed by atoms with Gasteiger partial charge in [0.25, 0.3) is 0 Å². The average molecular weight is 192 g/mol. The minimum atomic E-state index is 0.503. The number of aromatic nitrogens is 1. The molecule has 0 aliphatic carbocycles. The second-order valence-electron chi connectivity index (χ2n) is 3.95. The summed E-state index contributed by atoms with van der Waals surface area (Å²) >= 11 is 0. The number of nitrogens with one attached hydrogen (secondary N) is 1. The third kappa shape index (κ3) is 2.72. The van der Waals surface area contributed by atoms with Crippen LogP contribution in [-0.4, -0.2) is 11.0 Å². The van der Waals surface area contributed by atoms with Crippen molar-refractivity contribution in [3.63, 3.8) is 0 Å². The molecule has 2 heteroatoms. The van der Waals surface area contributed by atoms with Gasteiger partial charge in [0.05, 0.1) is 11.4 Å². The van der Waals surface area contributed by atoms with Gasteiger partial charge in [0.1, 0.15) is 0 Å². The van der Waals surface area contributed by atoms with Gasteiger partial charge < -0.3 is 5.32 Å². The van der Waals surface area contributed by atoms with E-state index in [0.717, 1.165) is 11.4 Å². The molecule has 0 aliphatic heterocycles. The van der Waals surface area contributed by atoms with E-state index in [1.54, 1.807) is 0 Å². The standard InChI is InChI=1S/C12H20N2/c1-5-9(2)10(3)14-12-7-6-8-13-11(12)4/h6-10,14H,5H2,1-4H3/t9-,10-/m0/s1. The lowest BCUT2D eigenvalue weighted by atomic mass is 10.0. The molecule has 0 unspecified atom stereocenters. The van der Waals surface area contributed by atoms with Gasteiger partial charge in [-0.3, -0.25) is 4.98 Å². The smallest absolute Gasteiger partial charge is 0.0603 e. The van der Waals surface area contributed by atoms with Crippen molar-refractivity contribution in [1.29, 1.82) is 0 Å². The quantitative estimate of drug-likeness (QED) is 0.792. The summed E-state index contributed by atoms with van der Waals surface area (Å²) in [4.78, 5) is 4.25. The van der Waals surface area contributed by atoms with Crippen LogP contribution < -0.4 is 5.32 Å². The number of hydrogen-bond donors (Lipinski definition) is 1. The summed E-state index contributed by atoms with van der Waals surface area (Å²) in [6.07, 6.45) is 3.03. The van der Waals surface area contributed by atoms with Gasteiger partial charge in [-0.15, -0.1) is 0 Å². The lowest BCUT2D eigenvalue weighted by Gasteiger charge is -2.21. The van der Waals surface area contributed by atoms with Gasteiger partial charge in [-0.05, 0) is 31.9 Å². The van der Waals surface area contributed by atoms with Crippen molar-refractivity contribution in [2.75, 3.05) is 5.32 Å². The van der Waals surface area contributed by atoms with Crippen LogP contribution in [0.1, 0.15) is 32.9 Å². The zero-order chi connectivity index (χ0) is 10.6. The number of nitrogens with zero attached hydrogens (tertiary/aromatic N) is 1. The van der Waals surface area contributed by atoms with Crippen LogP contribution in [0.3, 0.4) is 0 Å². The molecule has 1 N–H and O–H groups in total. The minimum absolute atomic E-state index is 0.503. The molecule has 0 aliphatic rings. The van der Waals surface area contributed by atoms with Crippen LogP contribution in [0, 0.1) is 12.8 Å². The molecule has 0 amide bonds. The van der Waals surface area contributed by atoms with Crippen LogP contribution >= 0.6 is 0 Å². The fourth-order valence-corrected chi connectivity index (χ4v) is 1.38. The third-order valence-electron chi connectivity index (χ3n) is 2.89. The third-order valence-corrected chi connectivity index (χ3v) is 2.89. The number of rotatable bonds is 4. The summed E-state index contributed by atoms with van der Waals surface area (Å²) in [7, 11) is 0. The Bertz CT molecular complexity index is 283. The van der Waals surface area contributed by atoms with Crippen molar-refractivity contribution in [1.82, 2.24) is 4.98 Å². The van der Waals surface area contributed by atoms with Gasteiger partial charge in [0, 0.05) is 12.2 Å². The van der Waals surface area contributed by atoms with E-state index in [1.165, 1.54) is 6.42 Å². The highest BCUT2D eigenvalue weighted by molar-refractivity contribution is 5.47. The minimum Gasteiger partial charge on any atom is -0.381 e. The van der Waals surface area contributed by atoms with Gasteiger partial charge in [0.2, 0.25) is 0 Å². The molecule has 0 spiro atoms. The predicted molar refractivity (Wildman–Crippen MR) is 61.5 cm³/mol. The Kier molecular flexibility index (Phi) is 3.93. The van der Waals surface area contributed by atoms with Crippen LogP contribution in [0.5, 0.6) is 0 Å². The first-order chi connectivity index (χ1) is 6.65. The lowest BCUT2D eigenvalue weighted by molar-refractivity contribution is 0.494. The highest BCUT2D eigenvalue weighted by atomic mass is 14.9. The molecule has 1 aromatic rings. The summed E-state index contributed by atoms with van der Waals surface area (Å²) in [5.41, 5.74) is 2.22. The molecule has 1 heterocycles. The summed E-state index contributed by atoms with van der Waals surface area (Å²) in [6, 6.07) is 4.56. The van der Waals surface area contributed by atoms with E-state index < -0.39 is 0 Å². The topological polar surface area (TPSA) is 24.9 Å². The highest BCUT2D eigenvalue weighted by Gasteiger charge is 2.10. The highest BCUT2D eigenvalue weighted by Crippen LogP contribution is 2.16. The Balaban J connectivity index is 2.64. The second-order valence-corrected chi connectivity index (χ2v) is 3.95. The van der Waals surface area contributed by atoms with E-state index in [4.69, 9.17) is 0 Å². The number of aryl methyl sites for hydroxylation is 1. The maximum absolute atomic E-state index is 4.25. The Morgan fingerprint density at radius 2 is 2.14 bits per heavy atom. The van der Waals surface area contributed by atoms with E-state index in [2.05, 4.69) is 37.1 Å². The predicted octanol–water partition coefficient (Wildman–Crippen LogP) is 3.24. The Labute approximate surface area is 86.8 Å². The van der Waals surface area contributed by atoms with Crippen LogP contribution in [-0.2, 0) is 0 Å². The van der Waals surface area contributed by atoms with E-state index in [9.17, 15) is 0 Å². The molecule has 0 aromatic carbocycles. The van der Waals surface area contributed by atoms with Crippen LogP contribution in [0.2, 0.25) is 0 Å². The molecule has 0 fully saturated rings. The molecule has 0 bridgehead atoms. The van der Waals surface area contributed by atoms with Gasteiger partial charge >= 0.3 is 0 Å². The molecule has 0 radical (unpaired) electrons. The van der Waals surface area contributed by atoms with Crippen LogP contribution in [0.15, 0.2) is 18.3 Å². The lowest BCUT2D eigenvalue weighted by Crippen LogP contribution is -2.23. The molecule has 14 heavy (non-hydrogen) atoms. The van der Waals surface area contributed by atoms with E-state index in [0.29, 0.717) is 12.0 Å². The summed E-state index contributed by atoms with van der Waals surface area (Å²) in [5.74, 6) is 0.689. The zero-order valence-corrected chi connectivity index (χ0v) is 9.54. The fraction of sp³-hybridized carbons (Fsp3) is 0.583. The van der Waals surface area contributed by atoms with Gasteiger partial charge in [-0.25, -0.2) is 0 Å². The monoisotopic (exact) mass is 192 g/mol. The van der Waals surface area contributed by atoms with Crippen molar-refractivity contribution in [2.24, 2.45) is 5.92 Å². The Morgan fingerprint density at radius 1 is 1.43 bits per heavy atom. The van der Waals surface area contributed by atoms with Crippen molar-refractivity contribution >= 4 is 5.69 Å². The molecule has 0 saturated carbocycles. The fourth-order valence-electron chi connectivity index (χ4n) is 1.38. The van der Waals surface area contributed by atoms with Crippen molar-refractivity contribution < 1.29 is 0 Å². The summed E-state index contributed by atoms with van der Waals surface area (Å²) < 4.78 is 0. The molecule has 0 saturated heterocycles. The van der Waals surface area contributed by atoms with E-state index in [-0.39, 0.29) is 0 Å². The van der Waals surface area contributed by atoms with Crippen molar-refractivity contribution in [3.05, 3.63) is 24.0 Å². The van der Waals surface area contributed by atoms with E-state index in [1.807, 2.05) is 19.2 Å². The normalized spacial score (nSPS) is 14.9. The van der Waals surface area contributed by atoms with Crippen LogP contribution in [0.25, 0.3) is 0 Å². The van der Waals surface area contributed by atoms with Crippen molar-refractivity contribution in [2.45, 2.75) is 40.2 Å². The van der Waals surface area contributed by atoms with Crippen molar-refractivity contribution in [3.8, 4) is 0 Å². The molecular weight excluding hydrogens is 172 g/mol. The second kappa shape index (κ2) is 4.99. The number of pyridine rings is 1. The van der Waals surface area contributed by atoms with Gasteiger partial charge in [0.15, 0.2) is 0 Å². The average Bonchev–Trinajstić information content (AvgIpc) is 2.20. The Hall–Kier alpha value is -1.05. The van der Waals surface area contributed by atoms with Gasteiger partial charge in [-0.1, -0.05) is 20.3 Å². The number of hydrogen-bond acceptors (Lipinski definition) is 2.